The second kappa shape index (κ2) is 11.1. The summed E-state index contributed by atoms with van der Waals surface area (Å²) in [5.41, 5.74) is 3.34. The van der Waals surface area contributed by atoms with Crippen molar-refractivity contribution in [1.82, 2.24) is 14.5 Å². The highest BCUT2D eigenvalue weighted by Crippen LogP contribution is 2.35. The first-order chi connectivity index (χ1) is 19.7. The normalized spacial score (nSPS) is 10.9. The van der Waals surface area contributed by atoms with Gasteiger partial charge in [-0.1, -0.05) is 12.1 Å². The number of nitrogens with one attached hydrogen (secondary N) is 1. The van der Waals surface area contributed by atoms with E-state index in [9.17, 15) is 14.0 Å². The first-order valence-electron chi connectivity index (χ1n) is 12.6. The van der Waals surface area contributed by atoms with Crippen molar-refractivity contribution in [3.63, 3.8) is 0 Å². The van der Waals surface area contributed by atoms with Gasteiger partial charge in [0.15, 0.2) is 11.5 Å². The van der Waals surface area contributed by atoms with Crippen LogP contribution < -0.4 is 25.0 Å². The number of aromatic nitrogens is 3. The highest BCUT2D eigenvalue weighted by atomic mass is 19.1. The number of carbonyl (C=O) groups excluding carboxylic acids is 1. The van der Waals surface area contributed by atoms with E-state index in [0.29, 0.717) is 56.7 Å². The van der Waals surface area contributed by atoms with Crippen molar-refractivity contribution in [3.8, 4) is 34.3 Å². The lowest BCUT2D eigenvalue weighted by atomic mass is 10.0. The molecule has 0 aliphatic carbocycles. The van der Waals surface area contributed by atoms with Crippen molar-refractivity contribution in [2.24, 2.45) is 7.05 Å². The molecule has 0 radical (unpaired) electrons. The van der Waals surface area contributed by atoms with Crippen LogP contribution in [0, 0.1) is 19.7 Å². The third-order valence-electron chi connectivity index (χ3n) is 6.74. The number of methoxy groups -OCH3 is 2. The predicted molar refractivity (Wildman–Crippen MR) is 154 cm³/mol. The Morgan fingerprint density at radius 2 is 1.71 bits per heavy atom. The number of hydrogen-bond donors (Lipinski definition) is 1. The van der Waals surface area contributed by atoms with Gasteiger partial charge < -0.3 is 24.1 Å². The topological polar surface area (TPSA) is 105 Å². The number of carbonyl (C=O) groups is 1. The van der Waals surface area contributed by atoms with Crippen molar-refractivity contribution in [2.45, 2.75) is 13.8 Å². The van der Waals surface area contributed by atoms with Crippen LogP contribution in [0.5, 0.6) is 23.1 Å². The Hall–Kier alpha value is -5.25. The molecule has 208 valence electrons. The standard InChI is InChI=1S/C31H27FN4O5/c1-17-14-21(10-11-24(17)41-25-12-13-33-23-15-26(39-4)31(40-5)35-28(23)25)34-30(38)22-16-36(3)18(2)27(29(22)37)19-6-8-20(32)9-7-19/h6-16H,1-5H3,(H,34,38). The van der Waals surface area contributed by atoms with Gasteiger partial charge in [0, 0.05) is 48.5 Å². The summed E-state index contributed by atoms with van der Waals surface area (Å²) in [6.07, 6.45) is 3.10. The number of pyridine rings is 3. The molecule has 1 amide bonds. The van der Waals surface area contributed by atoms with Gasteiger partial charge in [0.05, 0.1) is 19.7 Å². The Balaban J connectivity index is 1.42. The minimum atomic E-state index is -0.563. The minimum Gasteiger partial charge on any atom is -0.491 e. The maximum absolute atomic E-state index is 13.5. The zero-order chi connectivity index (χ0) is 29.3. The number of rotatable bonds is 7. The molecule has 41 heavy (non-hydrogen) atoms. The van der Waals surface area contributed by atoms with E-state index in [1.165, 1.54) is 44.7 Å². The van der Waals surface area contributed by atoms with Gasteiger partial charge in [0.25, 0.3) is 11.8 Å². The van der Waals surface area contributed by atoms with Crippen molar-refractivity contribution >= 4 is 22.6 Å². The van der Waals surface area contributed by atoms with Crippen molar-refractivity contribution in [2.75, 3.05) is 19.5 Å². The number of anilines is 1. The molecule has 2 aromatic carbocycles. The highest BCUT2D eigenvalue weighted by molar-refractivity contribution is 6.04. The zero-order valence-electron chi connectivity index (χ0n) is 23.1. The molecule has 0 saturated heterocycles. The fraction of sp³-hybridized carbons (Fsp3) is 0.161. The SMILES string of the molecule is COc1cc2nccc(Oc3ccc(NC(=O)c4cn(C)c(C)c(-c5ccc(F)cc5)c4=O)cc3C)c2nc1OC. The number of amides is 1. The van der Waals surface area contributed by atoms with Crippen LogP contribution in [0.2, 0.25) is 0 Å². The van der Waals surface area contributed by atoms with Gasteiger partial charge in [-0.2, -0.15) is 0 Å². The molecule has 10 heteroatoms. The Morgan fingerprint density at radius 3 is 2.39 bits per heavy atom. The molecule has 0 atom stereocenters. The molecule has 0 aliphatic heterocycles. The van der Waals surface area contributed by atoms with E-state index in [2.05, 4.69) is 15.3 Å². The molecule has 3 heterocycles. The second-order valence-electron chi connectivity index (χ2n) is 9.36. The van der Waals surface area contributed by atoms with Crippen LogP contribution in [-0.4, -0.2) is 34.7 Å². The van der Waals surface area contributed by atoms with E-state index in [4.69, 9.17) is 14.2 Å². The van der Waals surface area contributed by atoms with Gasteiger partial charge in [0.2, 0.25) is 5.43 Å². The maximum atomic E-state index is 13.5. The quantitative estimate of drug-likeness (QED) is 0.271. The summed E-state index contributed by atoms with van der Waals surface area (Å²) in [5, 5.41) is 2.80. The number of hydrogen-bond acceptors (Lipinski definition) is 7. The number of aryl methyl sites for hydroxylation is 2. The molecule has 5 rings (SSSR count). The molecule has 0 bridgehead atoms. The molecule has 1 N–H and O–H groups in total. The number of fused-ring (bicyclic) bond motifs is 1. The fourth-order valence-electron chi connectivity index (χ4n) is 4.49. The molecular formula is C31H27FN4O5. The summed E-state index contributed by atoms with van der Waals surface area (Å²) in [6.45, 7) is 3.61. The van der Waals surface area contributed by atoms with Crippen LogP contribution in [-0.2, 0) is 7.05 Å². The van der Waals surface area contributed by atoms with Gasteiger partial charge in [0.1, 0.15) is 22.6 Å². The summed E-state index contributed by atoms with van der Waals surface area (Å²) >= 11 is 0. The van der Waals surface area contributed by atoms with Gasteiger partial charge >= 0.3 is 0 Å². The average molecular weight is 555 g/mol. The van der Waals surface area contributed by atoms with Crippen LogP contribution >= 0.6 is 0 Å². The van der Waals surface area contributed by atoms with Crippen molar-refractivity contribution < 1.29 is 23.4 Å². The Labute approximate surface area is 235 Å². The van der Waals surface area contributed by atoms with E-state index in [1.807, 2.05) is 6.92 Å². The Morgan fingerprint density at radius 1 is 0.951 bits per heavy atom. The maximum Gasteiger partial charge on any atom is 0.261 e. The molecule has 0 spiro atoms. The lowest BCUT2D eigenvalue weighted by Crippen LogP contribution is -2.25. The number of halogens is 1. The lowest BCUT2D eigenvalue weighted by molar-refractivity contribution is 0.102. The third-order valence-corrected chi connectivity index (χ3v) is 6.74. The monoisotopic (exact) mass is 554 g/mol. The molecule has 5 aromatic rings. The third kappa shape index (κ3) is 5.31. The van der Waals surface area contributed by atoms with Crippen LogP contribution in [0.3, 0.4) is 0 Å². The smallest absolute Gasteiger partial charge is 0.261 e. The molecular weight excluding hydrogens is 527 g/mol. The second-order valence-corrected chi connectivity index (χ2v) is 9.36. The Bertz CT molecular complexity index is 1850. The minimum absolute atomic E-state index is 0.0332. The van der Waals surface area contributed by atoms with Gasteiger partial charge in [-0.25, -0.2) is 9.37 Å². The van der Waals surface area contributed by atoms with Crippen LogP contribution in [0.25, 0.3) is 22.2 Å². The lowest BCUT2D eigenvalue weighted by Gasteiger charge is -2.15. The van der Waals surface area contributed by atoms with Gasteiger partial charge in [-0.15, -0.1) is 0 Å². The van der Waals surface area contributed by atoms with E-state index >= 15 is 0 Å². The summed E-state index contributed by atoms with van der Waals surface area (Å²) in [4.78, 5) is 35.4. The number of ether oxygens (including phenoxy) is 3. The van der Waals surface area contributed by atoms with Crippen LogP contribution in [0.4, 0.5) is 10.1 Å². The van der Waals surface area contributed by atoms with Crippen molar-refractivity contribution in [1.29, 1.82) is 0 Å². The summed E-state index contributed by atoms with van der Waals surface area (Å²) in [5.74, 6) is 0.788. The van der Waals surface area contributed by atoms with Crippen molar-refractivity contribution in [3.05, 3.63) is 99.9 Å². The molecule has 0 fully saturated rings. The van der Waals surface area contributed by atoms with Gasteiger partial charge in [-0.05, 0) is 55.3 Å². The average Bonchev–Trinajstić information content (AvgIpc) is 2.96. The fourth-order valence-corrected chi connectivity index (χ4v) is 4.49. The van der Waals surface area contributed by atoms with E-state index in [0.717, 1.165) is 5.56 Å². The van der Waals surface area contributed by atoms with Gasteiger partial charge in [-0.3, -0.25) is 14.6 Å². The van der Waals surface area contributed by atoms with E-state index in [1.54, 1.807) is 55.1 Å². The summed E-state index contributed by atoms with van der Waals surface area (Å²) in [6, 6.07) is 14.2. The van der Waals surface area contributed by atoms with E-state index < -0.39 is 17.2 Å². The molecule has 3 aromatic heterocycles. The first kappa shape index (κ1) is 27.3. The Kier molecular flexibility index (Phi) is 7.39. The predicted octanol–water partition coefficient (Wildman–Crippen LogP) is 5.81. The largest absolute Gasteiger partial charge is 0.491 e. The summed E-state index contributed by atoms with van der Waals surface area (Å²) in [7, 11) is 4.77. The first-order valence-corrected chi connectivity index (χ1v) is 12.6. The highest BCUT2D eigenvalue weighted by Gasteiger charge is 2.19. The number of nitrogens with zero attached hydrogens (tertiary/aromatic N) is 3. The van der Waals surface area contributed by atoms with E-state index in [-0.39, 0.29) is 5.56 Å². The summed E-state index contributed by atoms with van der Waals surface area (Å²) < 4.78 is 32.0. The molecule has 0 aliphatic rings. The number of benzene rings is 2. The zero-order valence-corrected chi connectivity index (χ0v) is 23.1. The molecule has 9 nitrogen and oxygen atoms in total. The van der Waals surface area contributed by atoms with Crippen LogP contribution in [0.15, 0.2) is 71.8 Å². The van der Waals surface area contributed by atoms with Crippen LogP contribution in [0.1, 0.15) is 21.6 Å². The molecule has 0 saturated carbocycles. The molecule has 0 unspecified atom stereocenters.